The topological polar surface area (TPSA) is 25.8 Å². The van der Waals surface area contributed by atoms with Crippen LogP contribution in [-0.4, -0.2) is 10.2 Å². The van der Waals surface area contributed by atoms with Crippen LogP contribution >= 0.6 is 11.3 Å². The Morgan fingerprint density at radius 2 is 2.20 bits per heavy atom. The van der Waals surface area contributed by atoms with Gasteiger partial charge in [0.05, 0.1) is 0 Å². The van der Waals surface area contributed by atoms with Crippen molar-refractivity contribution in [3.05, 3.63) is 10.5 Å². The number of hydrogen-bond donors (Lipinski definition) is 0. The SMILES string of the molecule is CCC(CC)c1nncs1. The van der Waals surface area contributed by atoms with Crippen LogP contribution in [0.15, 0.2) is 5.51 Å². The fourth-order valence-corrected chi connectivity index (χ4v) is 1.82. The largest absolute Gasteiger partial charge is 0.147 e. The molecule has 0 spiro atoms. The van der Waals surface area contributed by atoms with Crippen LogP contribution in [0.5, 0.6) is 0 Å². The van der Waals surface area contributed by atoms with Gasteiger partial charge in [0, 0.05) is 5.92 Å². The molecule has 0 radical (unpaired) electrons. The van der Waals surface area contributed by atoms with E-state index < -0.39 is 0 Å². The van der Waals surface area contributed by atoms with E-state index >= 15 is 0 Å². The molecule has 0 aromatic carbocycles. The van der Waals surface area contributed by atoms with Crippen molar-refractivity contribution in [1.82, 2.24) is 10.2 Å². The lowest BCUT2D eigenvalue weighted by Crippen LogP contribution is -1.93. The molecule has 0 unspecified atom stereocenters. The van der Waals surface area contributed by atoms with Crippen LogP contribution in [-0.2, 0) is 0 Å². The van der Waals surface area contributed by atoms with Gasteiger partial charge in [-0.25, -0.2) is 0 Å². The van der Waals surface area contributed by atoms with Crippen molar-refractivity contribution in [3.8, 4) is 0 Å². The molecule has 1 aromatic heterocycles. The van der Waals surface area contributed by atoms with Gasteiger partial charge in [-0.3, -0.25) is 0 Å². The summed E-state index contributed by atoms with van der Waals surface area (Å²) in [6.45, 7) is 4.38. The molecule has 0 saturated carbocycles. The zero-order chi connectivity index (χ0) is 7.40. The third-order valence-corrected chi connectivity index (χ3v) is 2.57. The van der Waals surface area contributed by atoms with Crippen molar-refractivity contribution in [3.63, 3.8) is 0 Å². The van der Waals surface area contributed by atoms with E-state index in [9.17, 15) is 0 Å². The van der Waals surface area contributed by atoms with E-state index in [-0.39, 0.29) is 0 Å². The van der Waals surface area contributed by atoms with Crippen LogP contribution in [0.25, 0.3) is 0 Å². The molecule has 56 valence electrons. The monoisotopic (exact) mass is 156 g/mol. The summed E-state index contributed by atoms with van der Waals surface area (Å²) in [5.41, 5.74) is 1.80. The molecule has 0 atom stereocenters. The number of hydrogen-bond acceptors (Lipinski definition) is 3. The van der Waals surface area contributed by atoms with Crippen molar-refractivity contribution in [2.24, 2.45) is 0 Å². The van der Waals surface area contributed by atoms with E-state index in [0.29, 0.717) is 5.92 Å². The summed E-state index contributed by atoms with van der Waals surface area (Å²) >= 11 is 1.66. The normalized spacial score (nSPS) is 10.7. The minimum atomic E-state index is 0.632. The molecule has 0 amide bonds. The van der Waals surface area contributed by atoms with Crippen LogP contribution < -0.4 is 0 Å². The molecule has 0 aliphatic rings. The van der Waals surface area contributed by atoms with Gasteiger partial charge in [0.25, 0.3) is 0 Å². The van der Waals surface area contributed by atoms with Crippen LogP contribution in [0, 0.1) is 0 Å². The first kappa shape index (κ1) is 7.66. The Balaban J connectivity index is 2.64. The summed E-state index contributed by atoms with van der Waals surface area (Å²) < 4.78 is 0. The maximum Gasteiger partial charge on any atom is 0.120 e. The Labute approximate surface area is 65.3 Å². The molecule has 0 N–H and O–H groups in total. The smallest absolute Gasteiger partial charge is 0.120 e. The number of aromatic nitrogens is 2. The summed E-state index contributed by atoms with van der Waals surface area (Å²) in [5, 5.41) is 9.02. The van der Waals surface area contributed by atoms with Crippen molar-refractivity contribution < 1.29 is 0 Å². The summed E-state index contributed by atoms with van der Waals surface area (Å²) in [5.74, 6) is 0.632. The van der Waals surface area contributed by atoms with E-state index in [1.807, 2.05) is 0 Å². The molecule has 1 rings (SSSR count). The van der Waals surface area contributed by atoms with Crippen LogP contribution in [0.3, 0.4) is 0 Å². The second-order valence-electron chi connectivity index (χ2n) is 2.29. The molecular weight excluding hydrogens is 144 g/mol. The maximum atomic E-state index is 4.03. The highest BCUT2D eigenvalue weighted by Crippen LogP contribution is 2.23. The first-order valence-electron chi connectivity index (χ1n) is 3.64. The van der Waals surface area contributed by atoms with Crippen molar-refractivity contribution >= 4 is 11.3 Å². The van der Waals surface area contributed by atoms with E-state index in [0.717, 1.165) is 0 Å². The standard InChI is InChI=1S/C7H12N2S/c1-3-6(4-2)7-9-8-5-10-7/h5-6H,3-4H2,1-2H3. The quantitative estimate of drug-likeness (QED) is 0.671. The van der Waals surface area contributed by atoms with Gasteiger partial charge in [-0.2, -0.15) is 0 Å². The Kier molecular flexibility index (Phi) is 2.81. The summed E-state index contributed by atoms with van der Waals surface area (Å²) in [6.07, 6.45) is 2.34. The third kappa shape index (κ3) is 1.53. The van der Waals surface area contributed by atoms with Crippen LogP contribution in [0.1, 0.15) is 37.6 Å². The minimum absolute atomic E-state index is 0.632. The van der Waals surface area contributed by atoms with E-state index in [1.165, 1.54) is 17.8 Å². The Morgan fingerprint density at radius 3 is 2.60 bits per heavy atom. The average molecular weight is 156 g/mol. The summed E-state index contributed by atoms with van der Waals surface area (Å²) in [4.78, 5) is 0. The maximum absolute atomic E-state index is 4.03. The fraction of sp³-hybridized carbons (Fsp3) is 0.714. The molecule has 0 fully saturated rings. The van der Waals surface area contributed by atoms with Crippen molar-refractivity contribution in [2.45, 2.75) is 32.6 Å². The summed E-state index contributed by atoms with van der Waals surface area (Å²) in [6, 6.07) is 0. The van der Waals surface area contributed by atoms with Gasteiger partial charge in [-0.1, -0.05) is 13.8 Å². The highest BCUT2D eigenvalue weighted by atomic mass is 32.1. The molecular formula is C7H12N2S. The predicted octanol–water partition coefficient (Wildman–Crippen LogP) is 2.44. The zero-order valence-corrected chi connectivity index (χ0v) is 7.19. The molecule has 2 nitrogen and oxygen atoms in total. The molecule has 1 heterocycles. The summed E-state index contributed by atoms with van der Waals surface area (Å²) in [7, 11) is 0. The Hall–Kier alpha value is -0.440. The molecule has 0 aliphatic carbocycles. The molecule has 0 bridgehead atoms. The fourth-order valence-electron chi connectivity index (χ4n) is 0.997. The van der Waals surface area contributed by atoms with Crippen LogP contribution in [0.2, 0.25) is 0 Å². The first-order chi connectivity index (χ1) is 4.88. The van der Waals surface area contributed by atoms with E-state index in [4.69, 9.17) is 0 Å². The average Bonchev–Trinajstić information content (AvgIpc) is 2.43. The van der Waals surface area contributed by atoms with E-state index in [2.05, 4.69) is 24.0 Å². The second kappa shape index (κ2) is 3.66. The first-order valence-corrected chi connectivity index (χ1v) is 4.52. The molecule has 1 aromatic rings. The van der Waals surface area contributed by atoms with Gasteiger partial charge in [0.1, 0.15) is 10.5 Å². The van der Waals surface area contributed by atoms with Crippen LogP contribution in [0.4, 0.5) is 0 Å². The molecule has 10 heavy (non-hydrogen) atoms. The van der Waals surface area contributed by atoms with Gasteiger partial charge in [-0.15, -0.1) is 21.5 Å². The molecule has 0 saturated heterocycles. The number of nitrogens with zero attached hydrogens (tertiary/aromatic N) is 2. The van der Waals surface area contributed by atoms with E-state index in [1.54, 1.807) is 16.8 Å². The second-order valence-corrected chi connectivity index (χ2v) is 3.16. The third-order valence-electron chi connectivity index (χ3n) is 1.71. The van der Waals surface area contributed by atoms with Crippen molar-refractivity contribution in [1.29, 1.82) is 0 Å². The lowest BCUT2D eigenvalue weighted by Gasteiger charge is -2.05. The molecule has 0 aliphatic heterocycles. The van der Waals surface area contributed by atoms with Gasteiger partial charge >= 0.3 is 0 Å². The Bertz CT molecular complexity index is 168. The number of rotatable bonds is 3. The lowest BCUT2D eigenvalue weighted by molar-refractivity contribution is 0.630. The van der Waals surface area contributed by atoms with Gasteiger partial charge in [0.2, 0.25) is 0 Å². The van der Waals surface area contributed by atoms with Gasteiger partial charge in [-0.05, 0) is 12.8 Å². The van der Waals surface area contributed by atoms with Gasteiger partial charge < -0.3 is 0 Å². The van der Waals surface area contributed by atoms with Crippen molar-refractivity contribution in [2.75, 3.05) is 0 Å². The predicted molar refractivity (Wildman–Crippen MR) is 43.2 cm³/mol. The Morgan fingerprint density at radius 1 is 1.50 bits per heavy atom. The zero-order valence-electron chi connectivity index (χ0n) is 6.37. The van der Waals surface area contributed by atoms with Gasteiger partial charge in [0.15, 0.2) is 0 Å². The molecule has 3 heteroatoms. The highest BCUT2D eigenvalue weighted by molar-refractivity contribution is 7.09. The minimum Gasteiger partial charge on any atom is -0.147 e. The highest BCUT2D eigenvalue weighted by Gasteiger charge is 2.08. The lowest BCUT2D eigenvalue weighted by atomic mass is 10.1.